The fourth-order valence-corrected chi connectivity index (χ4v) is 3.48. The molecule has 1 atom stereocenters. The van der Waals surface area contributed by atoms with Crippen molar-refractivity contribution in [3.05, 3.63) is 70.4 Å². The second-order valence-electron chi connectivity index (χ2n) is 9.47. The van der Waals surface area contributed by atoms with E-state index in [0.717, 1.165) is 44.1 Å². The van der Waals surface area contributed by atoms with Crippen LogP contribution in [0.5, 0.6) is 11.5 Å². The summed E-state index contributed by atoms with van der Waals surface area (Å²) in [7, 11) is 1.63. The zero-order chi connectivity index (χ0) is 25.7. The zero-order valence-corrected chi connectivity index (χ0v) is 21.8. The molecule has 0 saturated heterocycles. The normalized spacial score (nSPS) is 13.6. The zero-order valence-electron chi connectivity index (χ0n) is 21.8. The first-order valence-electron chi connectivity index (χ1n) is 12.1. The lowest BCUT2D eigenvalue weighted by atomic mass is 10.0. The van der Waals surface area contributed by atoms with Crippen LogP contribution in [-0.2, 0) is 4.79 Å². The molecule has 1 amide bonds. The fourth-order valence-electron chi connectivity index (χ4n) is 3.48. The number of carbonyl (C=O) groups is 1. The standard InChI is InChI=1S/C29H43NO4/c1-21(2)10-7-11-22(3)12-8-13-23(4)14-9-15-24(5)18-29(34)30(6)20-28(33)25-16-17-26(31)27(32)19-25/h10,12,14,16-19,28,31-33H,7-9,11,13,15,20H2,1-6H3/t28-/m0/s1. The van der Waals surface area contributed by atoms with E-state index in [0.29, 0.717) is 5.56 Å². The van der Waals surface area contributed by atoms with Crippen LogP contribution < -0.4 is 0 Å². The summed E-state index contributed by atoms with van der Waals surface area (Å²) in [4.78, 5) is 13.9. The Hall–Kier alpha value is -2.79. The number of hydrogen-bond acceptors (Lipinski definition) is 4. The highest BCUT2D eigenvalue weighted by atomic mass is 16.3. The smallest absolute Gasteiger partial charge is 0.246 e. The first kappa shape index (κ1) is 29.2. The topological polar surface area (TPSA) is 81.0 Å². The highest BCUT2D eigenvalue weighted by Crippen LogP contribution is 2.28. The van der Waals surface area contributed by atoms with Gasteiger partial charge in [-0.2, -0.15) is 0 Å². The second-order valence-corrected chi connectivity index (χ2v) is 9.47. The van der Waals surface area contributed by atoms with Crippen LogP contribution in [0, 0.1) is 0 Å². The fraction of sp³-hybridized carbons (Fsp3) is 0.483. The summed E-state index contributed by atoms with van der Waals surface area (Å²) in [6.45, 7) is 10.7. The number of aliphatic hydroxyl groups excluding tert-OH is 1. The number of benzene rings is 1. The first-order valence-corrected chi connectivity index (χ1v) is 12.1. The predicted octanol–water partition coefficient (Wildman–Crippen LogP) is 6.74. The van der Waals surface area contributed by atoms with Crippen molar-refractivity contribution in [2.75, 3.05) is 13.6 Å². The summed E-state index contributed by atoms with van der Waals surface area (Å²) in [6, 6.07) is 4.14. The summed E-state index contributed by atoms with van der Waals surface area (Å²) in [5.41, 5.74) is 5.61. The maximum atomic E-state index is 12.5. The molecule has 5 nitrogen and oxygen atoms in total. The van der Waals surface area contributed by atoms with Gasteiger partial charge in [0.15, 0.2) is 11.5 Å². The lowest BCUT2D eigenvalue weighted by Crippen LogP contribution is -2.29. The van der Waals surface area contributed by atoms with E-state index in [9.17, 15) is 20.1 Å². The molecule has 0 aromatic heterocycles. The molecule has 34 heavy (non-hydrogen) atoms. The van der Waals surface area contributed by atoms with E-state index in [1.54, 1.807) is 13.1 Å². The largest absolute Gasteiger partial charge is 0.504 e. The van der Waals surface area contributed by atoms with Crippen LogP contribution in [0.2, 0.25) is 0 Å². The van der Waals surface area contributed by atoms with Gasteiger partial charge in [0.25, 0.3) is 0 Å². The maximum Gasteiger partial charge on any atom is 0.246 e. The Morgan fingerprint density at radius 3 is 1.91 bits per heavy atom. The number of phenols is 2. The molecule has 1 aromatic rings. The number of aliphatic hydroxyl groups is 1. The molecule has 3 N–H and O–H groups in total. The molecule has 5 heteroatoms. The molecule has 0 saturated carbocycles. The molecule has 188 valence electrons. The highest BCUT2D eigenvalue weighted by Gasteiger charge is 2.15. The number of likely N-dealkylation sites (N-methyl/N-ethyl adjacent to an activating group) is 1. The number of rotatable bonds is 13. The van der Waals surface area contributed by atoms with Crippen LogP contribution >= 0.6 is 0 Å². The summed E-state index contributed by atoms with van der Waals surface area (Å²) >= 11 is 0. The van der Waals surface area contributed by atoms with Crippen LogP contribution in [0.1, 0.15) is 84.8 Å². The quantitative estimate of drug-likeness (QED) is 0.170. The molecule has 1 aromatic carbocycles. The molecular weight excluding hydrogens is 426 g/mol. The van der Waals surface area contributed by atoms with E-state index >= 15 is 0 Å². The lowest BCUT2D eigenvalue weighted by Gasteiger charge is -2.20. The predicted molar refractivity (Wildman–Crippen MR) is 141 cm³/mol. The van der Waals surface area contributed by atoms with Gasteiger partial charge in [-0.25, -0.2) is 0 Å². The summed E-state index contributed by atoms with van der Waals surface area (Å²) in [6.07, 6.45) is 13.6. The number of aromatic hydroxyl groups is 2. The van der Waals surface area contributed by atoms with Crippen LogP contribution in [0.3, 0.4) is 0 Å². The third-order valence-electron chi connectivity index (χ3n) is 5.73. The molecule has 1 rings (SSSR count). The van der Waals surface area contributed by atoms with Crippen LogP contribution in [0.4, 0.5) is 0 Å². The van der Waals surface area contributed by atoms with E-state index in [1.807, 2.05) is 6.92 Å². The Morgan fingerprint density at radius 1 is 0.853 bits per heavy atom. The van der Waals surface area contributed by atoms with Crippen molar-refractivity contribution in [2.45, 2.75) is 79.2 Å². The average Bonchev–Trinajstić information content (AvgIpc) is 2.75. The van der Waals surface area contributed by atoms with E-state index in [4.69, 9.17) is 0 Å². The van der Waals surface area contributed by atoms with Crippen molar-refractivity contribution in [1.82, 2.24) is 4.90 Å². The number of hydrogen-bond donors (Lipinski definition) is 3. The number of nitrogens with zero attached hydrogens (tertiary/aromatic N) is 1. The van der Waals surface area contributed by atoms with Gasteiger partial charge in [0.05, 0.1) is 12.6 Å². The second kappa shape index (κ2) is 15.2. The number of phenolic OH excluding ortho intramolecular Hbond substituents is 2. The Balaban J connectivity index is 2.44. The Kier molecular flexibility index (Phi) is 13.1. The van der Waals surface area contributed by atoms with Gasteiger partial charge in [-0.15, -0.1) is 0 Å². The van der Waals surface area contributed by atoms with Crippen molar-refractivity contribution < 1.29 is 20.1 Å². The van der Waals surface area contributed by atoms with Gasteiger partial charge in [0.1, 0.15) is 0 Å². The van der Waals surface area contributed by atoms with Crippen molar-refractivity contribution >= 4 is 5.91 Å². The molecule has 0 fully saturated rings. The van der Waals surface area contributed by atoms with Crippen molar-refractivity contribution in [2.24, 2.45) is 0 Å². The van der Waals surface area contributed by atoms with Gasteiger partial charge in [-0.1, -0.05) is 46.6 Å². The SMILES string of the molecule is CC(C)=CCCC(C)=CCCC(C)=CCCC(C)=CC(=O)N(C)C[C@H](O)c1ccc(O)c(O)c1. The molecular formula is C29H43NO4. The first-order chi connectivity index (χ1) is 16.0. The lowest BCUT2D eigenvalue weighted by molar-refractivity contribution is -0.126. The van der Waals surface area contributed by atoms with Gasteiger partial charge < -0.3 is 20.2 Å². The summed E-state index contributed by atoms with van der Waals surface area (Å²) in [5.74, 6) is -0.714. The molecule has 0 unspecified atom stereocenters. The van der Waals surface area contributed by atoms with E-state index < -0.39 is 6.10 Å². The van der Waals surface area contributed by atoms with Gasteiger partial charge in [0.2, 0.25) is 5.91 Å². The van der Waals surface area contributed by atoms with Crippen molar-refractivity contribution in [3.8, 4) is 11.5 Å². The number of allylic oxidation sites excluding steroid dienone is 7. The summed E-state index contributed by atoms with van der Waals surface area (Å²) in [5, 5.41) is 29.3. The molecule has 0 spiro atoms. The Bertz CT molecular complexity index is 920. The van der Waals surface area contributed by atoms with Crippen LogP contribution in [0.15, 0.2) is 64.8 Å². The van der Waals surface area contributed by atoms with Gasteiger partial charge in [-0.05, 0) is 90.8 Å². The van der Waals surface area contributed by atoms with Crippen LogP contribution in [0.25, 0.3) is 0 Å². The Labute approximate surface area is 205 Å². The molecule has 0 aliphatic heterocycles. The highest BCUT2D eigenvalue weighted by molar-refractivity contribution is 5.88. The monoisotopic (exact) mass is 469 g/mol. The van der Waals surface area contributed by atoms with E-state index in [2.05, 4.69) is 45.9 Å². The minimum atomic E-state index is -0.954. The molecule has 0 aliphatic rings. The Morgan fingerprint density at radius 2 is 1.38 bits per heavy atom. The average molecular weight is 470 g/mol. The minimum Gasteiger partial charge on any atom is -0.504 e. The molecule has 0 aliphatic carbocycles. The molecule has 0 bridgehead atoms. The number of amides is 1. The summed E-state index contributed by atoms with van der Waals surface area (Å²) < 4.78 is 0. The third kappa shape index (κ3) is 11.9. The minimum absolute atomic E-state index is 0.0904. The molecule has 0 radical (unpaired) electrons. The van der Waals surface area contributed by atoms with Crippen molar-refractivity contribution in [1.29, 1.82) is 0 Å². The van der Waals surface area contributed by atoms with Gasteiger partial charge in [0, 0.05) is 13.1 Å². The number of carbonyl (C=O) groups excluding carboxylic acids is 1. The van der Waals surface area contributed by atoms with Crippen LogP contribution in [-0.4, -0.2) is 39.7 Å². The van der Waals surface area contributed by atoms with Crippen molar-refractivity contribution in [3.63, 3.8) is 0 Å². The van der Waals surface area contributed by atoms with Gasteiger partial charge >= 0.3 is 0 Å². The van der Waals surface area contributed by atoms with Gasteiger partial charge in [-0.3, -0.25) is 4.79 Å². The maximum absolute atomic E-state index is 12.5. The van der Waals surface area contributed by atoms with E-state index in [1.165, 1.54) is 39.8 Å². The molecule has 0 heterocycles. The van der Waals surface area contributed by atoms with E-state index in [-0.39, 0.29) is 24.0 Å². The third-order valence-corrected chi connectivity index (χ3v) is 5.73.